The van der Waals surface area contributed by atoms with Gasteiger partial charge in [0.1, 0.15) is 18.6 Å². The first kappa shape index (κ1) is 41.5. The molecule has 52 heavy (non-hydrogen) atoms. The monoisotopic (exact) mass is 730 g/mol. The minimum Gasteiger partial charge on any atom is -0.462 e. The Hall–Kier alpha value is -1.67. The molecule has 1 amide bonds. The molecule has 0 aromatic carbocycles. The third kappa shape index (κ3) is 7.73. The van der Waals surface area contributed by atoms with Gasteiger partial charge in [-0.25, -0.2) is 0 Å². The molecule has 1 aliphatic heterocycles. The Bertz CT molecular complexity index is 1290. The summed E-state index contributed by atoms with van der Waals surface area (Å²) >= 11 is 0. The molecule has 5 fully saturated rings. The number of fused-ring (bicyclic) bond motifs is 5. The van der Waals surface area contributed by atoms with Gasteiger partial charge in [-0.3, -0.25) is 14.4 Å². The molecule has 0 spiro atoms. The van der Waals surface area contributed by atoms with Crippen molar-refractivity contribution >= 4 is 17.8 Å². The summed E-state index contributed by atoms with van der Waals surface area (Å²) in [7, 11) is 0. The SMILES string of the molecule is CCCCCCCCCNC(=O)CC(=O)O[C@@H]1CC[C@]2(C)[C@H]3C[C@@H](OC(C)=O)[C@@H]4[C@@H]([C@]5(C)CC[C@H](C(C)(C)O)O5)CC[C@@]4(C)[C@]3(C)CC[C@H]2C1(C)C. The summed E-state index contributed by atoms with van der Waals surface area (Å²) in [6.07, 6.45) is 16.0. The summed E-state index contributed by atoms with van der Waals surface area (Å²) in [5, 5.41) is 13.8. The van der Waals surface area contributed by atoms with Crippen molar-refractivity contribution in [2.75, 3.05) is 6.54 Å². The molecule has 298 valence electrons. The van der Waals surface area contributed by atoms with E-state index < -0.39 is 11.6 Å². The normalized spacial score (nSPS) is 41.0. The van der Waals surface area contributed by atoms with Gasteiger partial charge in [0.2, 0.25) is 5.91 Å². The maximum Gasteiger partial charge on any atom is 0.315 e. The quantitative estimate of drug-likeness (QED) is 0.104. The molecule has 2 N–H and O–H groups in total. The van der Waals surface area contributed by atoms with Crippen LogP contribution in [-0.2, 0) is 28.6 Å². The standard InChI is InChI=1S/C44H75NO7/c1-11-12-13-14-15-16-17-26-45-36(47)28-37(48)51-34-20-22-41(7)32(39(34,3)4)19-24-42(8)33(41)27-31(50-29(2)46)38-30(18-23-43(38,42)9)44(10)25-21-35(52-44)40(5,6)49/h30-35,38,49H,11-28H2,1-10H3,(H,45,47)/t30-,31+,32-,33+,34+,35+,38-,41-,42+,43+,44-/m0/s1. The fraction of sp³-hybridized carbons (Fsp3) is 0.932. The predicted octanol–water partition coefficient (Wildman–Crippen LogP) is 9.09. The van der Waals surface area contributed by atoms with Gasteiger partial charge in [0.15, 0.2) is 0 Å². The molecular formula is C44H75NO7. The van der Waals surface area contributed by atoms with Gasteiger partial charge in [0.05, 0.1) is 17.3 Å². The fourth-order valence-electron chi connectivity index (χ4n) is 13.3. The Morgan fingerprint density at radius 2 is 1.46 bits per heavy atom. The van der Waals surface area contributed by atoms with Crippen LogP contribution in [0.5, 0.6) is 0 Å². The highest BCUT2D eigenvalue weighted by molar-refractivity contribution is 5.94. The van der Waals surface area contributed by atoms with E-state index in [4.69, 9.17) is 14.2 Å². The topological polar surface area (TPSA) is 111 Å². The molecule has 1 heterocycles. The molecule has 4 aliphatic carbocycles. The summed E-state index contributed by atoms with van der Waals surface area (Å²) in [5.41, 5.74) is -1.54. The smallest absolute Gasteiger partial charge is 0.315 e. The summed E-state index contributed by atoms with van der Waals surface area (Å²) in [6, 6.07) is 0. The molecule has 8 nitrogen and oxygen atoms in total. The summed E-state index contributed by atoms with van der Waals surface area (Å²) in [6.45, 7) is 22.4. The van der Waals surface area contributed by atoms with Crippen LogP contribution >= 0.6 is 0 Å². The van der Waals surface area contributed by atoms with Crippen LogP contribution < -0.4 is 5.32 Å². The van der Waals surface area contributed by atoms with E-state index in [1.165, 1.54) is 32.1 Å². The Balaban J connectivity index is 1.27. The number of hydrogen-bond acceptors (Lipinski definition) is 7. The van der Waals surface area contributed by atoms with E-state index in [1.54, 1.807) is 6.92 Å². The first-order valence-corrected chi connectivity index (χ1v) is 21.3. The zero-order chi connectivity index (χ0) is 38.3. The van der Waals surface area contributed by atoms with Crippen LogP contribution in [0.1, 0.15) is 178 Å². The first-order chi connectivity index (χ1) is 24.2. The van der Waals surface area contributed by atoms with Gasteiger partial charge in [0, 0.05) is 24.8 Å². The number of carbonyl (C=O) groups is 3. The van der Waals surface area contributed by atoms with Crippen molar-refractivity contribution in [2.24, 2.45) is 45.3 Å². The molecule has 0 aromatic rings. The van der Waals surface area contributed by atoms with Gasteiger partial charge in [-0.2, -0.15) is 0 Å². The third-order valence-corrected chi connectivity index (χ3v) is 16.2. The number of aliphatic hydroxyl groups is 1. The van der Waals surface area contributed by atoms with Crippen molar-refractivity contribution < 1.29 is 33.7 Å². The van der Waals surface area contributed by atoms with E-state index in [0.29, 0.717) is 18.4 Å². The summed E-state index contributed by atoms with van der Waals surface area (Å²) in [4.78, 5) is 38.6. The minimum absolute atomic E-state index is 0.0163. The van der Waals surface area contributed by atoms with Crippen molar-refractivity contribution in [1.82, 2.24) is 5.32 Å². The molecule has 0 unspecified atom stereocenters. The predicted molar refractivity (Wildman–Crippen MR) is 204 cm³/mol. The molecule has 0 bridgehead atoms. The molecule has 5 aliphatic rings. The lowest BCUT2D eigenvalue weighted by Gasteiger charge is -2.70. The van der Waals surface area contributed by atoms with Gasteiger partial charge in [-0.1, -0.05) is 80.1 Å². The van der Waals surface area contributed by atoms with Crippen molar-refractivity contribution in [1.29, 1.82) is 0 Å². The molecule has 0 aromatic heterocycles. The number of hydrogen-bond donors (Lipinski definition) is 2. The maximum atomic E-state index is 13.2. The van der Waals surface area contributed by atoms with Gasteiger partial charge in [0.25, 0.3) is 0 Å². The van der Waals surface area contributed by atoms with Crippen molar-refractivity contribution in [3.63, 3.8) is 0 Å². The molecule has 5 rings (SSSR count). The second-order valence-electron chi connectivity index (χ2n) is 20.1. The van der Waals surface area contributed by atoms with Crippen molar-refractivity contribution in [2.45, 2.75) is 208 Å². The highest BCUT2D eigenvalue weighted by Gasteiger charge is 2.72. The van der Waals surface area contributed by atoms with E-state index in [9.17, 15) is 19.5 Å². The van der Waals surface area contributed by atoms with Gasteiger partial charge >= 0.3 is 11.9 Å². The van der Waals surface area contributed by atoms with E-state index >= 15 is 0 Å². The van der Waals surface area contributed by atoms with E-state index in [1.807, 2.05) is 13.8 Å². The Labute approximate surface area is 316 Å². The van der Waals surface area contributed by atoms with Gasteiger partial charge in [-0.15, -0.1) is 0 Å². The average molecular weight is 730 g/mol. The van der Waals surface area contributed by atoms with Crippen LogP contribution in [0.25, 0.3) is 0 Å². The molecule has 0 radical (unpaired) electrons. The zero-order valence-corrected chi connectivity index (χ0v) is 34.7. The minimum atomic E-state index is -0.898. The van der Waals surface area contributed by atoms with E-state index in [2.05, 4.69) is 53.8 Å². The van der Waals surface area contributed by atoms with Crippen LogP contribution in [0.3, 0.4) is 0 Å². The lowest BCUT2D eigenvalue weighted by Crippen LogP contribution is -2.67. The molecule has 1 saturated heterocycles. The van der Waals surface area contributed by atoms with Crippen molar-refractivity contribution in [3.8, 4) is 0 Å². The third-order valence-electron chi connectivity index (χ3n) is 16.2. The number of amides is 1. The number of nitrogens with one attached hydrogen (secondary N) is 1. The highest BCUT2D eigenvalue weighted by atomic mass is 16.6. The highest BCUT2D eigenvalue weighted by Crippen LogP contribution is 2.76. The Kier molecular flexibility index (Phi) is 12.3. The second kappa shape index (κ2) is 15.5. The lowest BCUT2D eigenvalue weighted by atomic mass is 9.35. The Morgan fingerprint density at radius 3 is 2.10 bits per heavy atom. The number of ether oxygens (including phenoxy) is 3. The van der Waals surface area contributed by atoms with Crippen LogP contribution in [-0.4, -0.2) is 59.0 Å². The van der Waals surface area contributed by atoms with Gasteiger partial charge in [-0.05, 0) is 119 Å². The first-order valence-electron chi connectivity index (χ1n) is 21.3. The van der Waals surface area contributed by atoms with E-state index in [-0.39, 0.29) is 75.7 Å². The number of rotatable bonds is 14. The van der Waals surface area contributed by atoms with Crippen LogP contribution in [0, 0.1) is 45.3 Å². The van der Waals surface area contributed by atoms with E-state index in [0.717, 1.165) is 70.6 Å². The molecule has 8 heteroatoms. The largest absolute Gasteiger partial charge is 0.462 e. The average Bonchev–Trinajstić information content (AvgIpc) is 3.63. The van der Waals surface area contributed by atoms with Crippen LogP contribution in [0.4, 0.5) is 0 Å². The zero-order valence-electron chi connectivity index (χ0n) is 34.7. The molecular weight excluding hydrogens is 654 g/mol. The van der Waals surface area contributed by atoms with Gasteiger partial charge < -0.3 is 24.6 Å². The molecule has 4 saturated carbocycles. The fourth-order valence-corrected chi connectivity index (χ4v) is 13.3. The summed E-state index contributed by atoms with van der Waals surface area (Å²) < 4.78 is 19.4. The lowest BCUT2D eigenvalue weighted by molar-refractivity contribution is -0.254. The Morgan fingerprint density at radius 1 is 0.808 bits per heavy atom. The molecule has 11 atom stereocenters. The maximum absolute atomic E-state index is 13.2. The van der Waals surface area contributed by atoms with Crippen LogP contribution in [0.2, 0.25) is 0 Å². The summed E-state index contributed by atoms with van der Waals surface area (Å²) in [5.74, 6) is 0.225. The van der Waals surface area contributed by atoms with Crippen molar-refractivity contribution in [3.05, 3.63) is 0 Å². The number of unbranched alkanes of at least 4 members (excludes halogenated alkanes) is 6. The van der Waals surface area contributed by atoms with Crippen LogP contribution in [0.15, 0.2) is 0 Å². The second-order valence-corrected chi connectivity index (χ2v) is 20.1. The number of esters is 2. The number of carbonyl (C=O) groups excluding carboxylic acids is 3.